The second kappa shape index (κ2) is 6.91. The van der Waals surface area contributed by atoms with E-state index >= 15 is 0 Å². The molecule has 116 valence electrons. The van der Waals surface area contributed by atoms with E-state index in [9.17, 15) is 0 Å². The molecule has 2 aliphatic rings. The summed E-state index contributed by atoms with van der Waals surface area (Å²) >= 11 is 0. The van der Waals surface area contributed by atoms with Gasteiger partial charge in [-0.25, -0.2) is 0 Å². The molecule has 1 saturated heterocycles. The molecule has 2 heterocycles. The Balaban J connectivity index is 1.40. The third-order valence-corrected chi connectivity index (χ3v) is 4.49. The number of fused-ring (bicyclic) bond motifs is 1. The Morgan fingerprint density at radius 3 is 2.48 bits per heavy atom. The highest BCUT2D eigenvalue weighted by Gasteiger charge is 2.28. The molecule has 0 aromatic heterocycles. The van der Waals surface area contributed by atoms with Crippen molar-refractivity contribution in [2.24, 2.45) is 5.92 Å². The van der Waals surface area contributed by atoms with Crippen LogP contribution in [0.15, 0.2) is 24.3 Å². The Hall–Kier alpha value is -0.900. The Morgan fingerprint density at radius 1 is 1.14 bits per heavy atom. The third kappa shape index (κ3) is 4.06. The van der Waals surface area contributed by atoms with Crippen LogP contribution in [0.1, 0.15) is 37.8 Å². The van der Waals surface area contributed by atoms with Gasteiger partial charge in [-0.15, -0.1) is 0 Å². The van der Waals surface area contributed by atoms with Gasteiger partial charge in [0.15, 0.2) is 0 Å². The number of ether oxygens (including phenoxy) is 1. The first-order chi connectivity index (χ1) is 10.2. The summed E-state index contributed by atoms with van der Waals surface area (Å²) in [5.41, 5.74) is 2.98. The topological polar surface area (TPSA) is 24.5 Å². The van der Waals surface area contributed by atoms with E-state index in [4.69, 9.17) is 4.74 Å². The van der Waals surface area contributed by atoms with E-state index in [-0.39, 0.29) is 0 Å². The van der Waals surface area contributed by atoms with Gasteiger partial charge in [0.1, 0.15) is 0 Å². The van der Waals surface area contributed by atoms with Crippen molar-refractivity contribution in [3.05, 3.63) is 35.4 Å². The summed E-state index contributed by atoms with van der Waals surface area (Å²) in [6.45, 7) is 9.85. The lowest BCUT2D eigenvalue weighted by atomic mass is 10.1. The molecule has 1 fully saturated rings. The monoisotopic (exact) mass is 288 g/mol. The smallest absolute Gasteiger partial charge is 0.0707 e. The third-order valence-electron chi connectivity index (χ3n) is 4.49. The molecule has 0 bridgehead atoms. The van der Waals surface area contributed by atoms with Crippen LogP contribution in [0.2, 0.25) is 0 Å². The zero-order chi connectivity index (χ0) is 14.7. The second-order valence-corrected chi connectivity index (χ2v) is 6.95. The lowest BCUT2D eigenvalue weighted by molar-refractivity contribution is 0.0224. The van der Waals surface area contributed by atoms with E-state index in [1.54, 1.807) is 0 Å². The van der Waals surface area contributed by atoms with Gasteiger partial charge in [0.2, 0.25) is 0 Å². The summed E-state index contributed by atoms with van der Waals surface area (Å²) in [6.07, 6.45) is 3.25. The first-order valence-electron chi connectivity index (χ1n) is 8.36. The first kappa shape index (κ1) is 15.0. The highest BCUT2D eigenvalue weighted by molar-refractivity contribution is 5.30. The van der Waals surface area contributed by atoms with Crippen LogP contribution in [0.5, 0.6) is 0 Å². The van der Waals surface area contributed by atoms with Crippen molar-refractivity contribution < 1.29 is 4.74 Å². The second-order valence-electron chi connectivity index (χ2n) is 6.95. The van der Waals surface area contributed by atoms with E-state index in [2.05, 4.69) is 48.3 Å². The summed E-state index contributed by atoms with van der Waals surface area (Å²) < 4.78 is 6.20. The van der Waals surface area contributed by atoms with Crippen molar-refractivity contribution in [2.45, 2.75) is 52.0 Å². The number of nitrogens with one attached hydrogen (secondary N) is 1. The summed E-state index contributed by atoms with van der Waals surface area (Å²) in [7, 11) is 0. The standard InChI is InChI=1S/C18H28N2O/c1-14(2)9-19-10-17-7-8-18(21-17)13-20-11-15-5-3-4-6-16(15)12-20/h3-6,14,17-19H,7-13H2,1-2H3. The fourth-order valence-corrected chi connectivity index (χ4v) is 3.42. The quantitative estimate of drug-likeness (QED) is 0.871. The largest absolute Gasteiger partial charge is 0.372 e. The summed E-state index contributed by atoms with van der Waals surface area (Å²) in [4.78, 5) is 2.53. The minimum Gasteiger partial charge on any atom is -0.372 e. The Bertz CT molecular complexity index is 435. The van der Waals surface area contributed by atoms with E-state index in [0.717, 1.165) is 32.7 Å². The number of rotatable bonds is 6. The number of hydrogen-bond acceptors (Lipinski definition) is 3. The number of hydrogen-bond donors (Lipinski definition) is 1. The molecule has 1 aromatic carbocycles. The van der Waals surface area contributed by atoms with Gasteiger partial charge in [-0.2, -0.15) is 0 Å². The van der Waals surface area contributed by atoms with Crippen LogP contribution in [0.25, 0.3) is 0 Å². The molecule has 2 unspecified atom stereocenters. The summed E-state index contributed by atoms with van der Waals surface area (Å²) in [6, 6.07) is 8.79. The maximum atomic E-state index is 6.20. The first-order valence-corrected chi connectivity index (χ1v) is 8.36. The molecule has 0 radical (unpaired) electrons. The van der Waals surface area contributed by atoms with Crippen molar-refractivity contribution in [3.8, 4) is 0 Å². The SMILES string of the molecule is CC(C)CNCC1CCC(CN2Cc3ccccc3C2)O1. The molecular formula is C18H28N2O. The van der Waals surface area contributed by atoms with Crippen LogP contribution in [0, 0.1) is 5.92 Å². The van der Waals surface area contributed by atoms with E-state index in [0.29, 0.717) is 18.1 Å². The van der Waals surface area contributed by atoms with Gasteiger partial charge >= 0.3 is 0 Å². The van der Waals surface area contributed by atoms with Gasteiger partial charge in [0.05, 0.1) is 12.2 Å². The normalized spacial score (nSPS) is 25.7. The molecule has 0 saturated carbocycles. The van der Waals surface area contributed by atoms with Crippen LogP contribution < -0.4 is 5.32 Å². The van der Waals surface area contributed by atoms with Crippen molar-refractivity contribution in [3.63, 3.8) is 0 Å². The molecule has 21 heavy (non-hydrogen) atoms. The predicted molar refractivity (Wildman–Crippen MR) is 86.2 cm³/mol. The molecule has 0 aliphatic carbocycles. The molecule has 2 atom stereocenters. The van der Waals surface area contributed by atoms with Crippen molar-refractivity contribution in [1.82, 2.24) is 10.2 Å². The zero-order valence-corrected chi connectivity index (χ0v) is 13.3. The Kier molecular flexibility index (Phi) is 4.94. The summed E-state index contributed by atoms with van der Waals surface area (Å²) in [5, 5.41) is 3.52. The van der Waals surface area contributed by atoms with Crippen molar-refractivity contribution >= 4 is 0 Å². The van der Waals surface area contributed by atoms with Crippen LogP contribution >= 0.6 is 0 Å². The van der Waals surface area contributed by atoms with Gasteiger partial charge in [0, 0.05) is 26.2 Å². The molecule has 2 aliphatic heterocycles. The van der Waals surface area contributed by atoms with Gasteiger partial charge in [-0.05, 0) is 36.4 Å². The van der Waals surface area contributed by atoms with Gasteiger partial charge in [0.25, 0.3) is 0 Å². The molecule has 1 N–H and O–H groups in total. The van der Waals surface area contributed by atoms with Gasteiger partial charge in [-0.1, -0.05) is 38.1 Å². The Morgan fingerprint density at radius 2 is 1.81 bits per heavy atom. The average molecular weight is 288 g/mol. The molecular weight excluding hydrogens is 260 g/mol. The predicted octanol–water partition coefficient (Wildman–Crippen LogP) is 2.80. The van der Waals surface area contributed by atoms with Gasteiger partial charge in [-0.3, -0.25) is 4.90 Å². The lowest BCUT2D eigenvalue weighted by Crippen LogP contribution is -2.32. The van der Waals surface area contributed by atoms with Crippen LogP contribution in [0.3, 0.4) is 0 Å². The molecule has 1 aromatic rings. The fraction of sp³-hybridized carbons (Fsp3) is 0.667. The van der Waals surface area contributed by atoms with E-state index < -0.39 is 0 Å². The molecule has 0 spiro atoms. The van der Waals surface area contributed by atoms with Crippen molar-refractivity contribution in [2.75, 3.05) is 19.6 Å². The number of benzene rings is 1. The summed E-state index contributed by atoms with van der Waals surface area (Å²) in [5.74, 6) is 0.713. The van der Waals surface area contributed by atoms with Crippen LogP contribution in [-0.2, 0) is 17.8 Å². The zero-order valence-electron chi connectivity index (χ0n) is 13.3. The molecule has 0 amide bonds. The minimum atomic E-state index is 0.415. The van der Waals surface area contributed by atoms with E-state index in [1.165, 1.54) is 24.0 Å². The van der Waals surface area contributed by atoms with Crippen LogP contribution in [-0.4, -0.2) is 36.7 Å². The molecule has 3 nitrogen and oxygen atoms in total. The number of nitrogens with zero attached hydrogens (tertiary/aromatic N) is 1. The lowest BCUT2D eigenvalue weighted by Gasteiger charge is -2.20. The van der Waals surface area contributed by atoms with Crippen molar-refractivity contribution in [1.29, 1.82) is 0 Å². The van der Waals surface area contributed by atoms with E-state index in [1.807, 2.05) is 0 Å². The molecule has 3 rings (SSSR count). The van der Waals surface area contributed by atoms with Crippen LogP contribution in [0.4, 0.5) is 0 Å². The molecule has 3 heteroatoms. The minimum absolute atomic E-state index is 0.415. The fourth-order valence-electron chi connectivity index (χ4n) is 3.42. The average Bonchev–Trinajstić information content (AvgIpc) is 3.04. The van der Waals surface area contributed by atoms with Gasteiger partial charge < -0.3 is 10.1 Å². The Labute approximate surface area is 128 Å². The highest BCUT2D eigenvalue weighted by atomic mass is 16.5. The maximum Gasteiger partial charge on any atom is 0.0707 e. The highest BCUT2D eigenvalue weighted by Crippen LogP contribution is 2.26. The maximum absolute atomic E-state index is 6.20.